The van der Waals surface area contributed by atoms with Gasteiger partial charge in [-0.25, -0.2) is 0 Å². The minimum Gasteiger partial charge on any atom is -0.870 e. The van der Waals surface area contributed by atoms with E-state index < -0.39 is 5.75 Å². The highest BCUT2D eigenvalue weighted by molar-refractivity contribution is 5.52. The highest BCUT2D eigenvalue weighted by Gasteiger charge is 1.99. The lowest BCUT2D eigenvalue weighted by Crippen LogP contribution is -2.11. The molecule has 0 radical (unpaired) electrons. The molecule has 0 aliphatic carbocycles. The minimum absolute atomic E-state index is 0.000741. The van der Waals surface area contributed by atoms with Crippen molar-refractivity contribution in [1.82, 2.24) is 0 Å². The highest BCUT2D eigenvalue weighted by Crippen LogP contribution is 2.26. The quantitative estimate of drug-likeness (QED) is 0.626. The first kappa shape index (κ1) is 8.63. The molecule has 2 N–H and O–H groups in total. The molecule has 0 aliphatic heterocycles. The predicted molar refractivity (Wildman–Crippen MR) is 38.5 cm³/mol. The number of ether oxygens (including phenoxy) is 1. The Morgan fingerprint density at radius 1 is 1.42 bits per heavy atom. The average molecular weight is 170 g/mol. The first-order valence-corrected chi connectivity index (χ1v) is 3.18. The largest absolute Gasteiger partial charge is 0.870 e. The van der Waals surface area contributed by atoms with E-state index in [9.17, 15) is 5.11 Å². The van der Waals surface area contributed by atoms with E-state index in [4.69, 9.17) is 10.4 Å². The van der Waals surface area contributed by atoms with Gasteiger partial charge in [-0.15, -0.1) is 5.23 Å². The molecule has 1 rings (SSSR count). The van der Waals surface area contributed by atoms with E-state index in [-0.39, 0.29) is 16.7 Å². The summed E-state index contributed by atoms with van der Waals surface area (Å²) >= 11 is 0. The van der Waals surface area contributed by atoms with E-state index in [1.807, 2.05) is 0 Å². The number of anilines is 1. The molecule has 0 fully saturated rings. The lowest BCUT2D eigenvalue weighted by Gasteiger charge is -2.15. The fourth-order valence-corrected chi connectivity index (χ4v) is 0.790. The maximum absolute atomic E-state index is 11.0. The highest BCUT2D eigenvalue weighted by atomic mass is 16.8. The number of benzene rings is 1. The van der Waals surface area contributed by atoms with Gasteiger partial charge in [0, 0.05) is 0 Å². The summed E-state index contributed by atoms with van der Waals surface area (Å²) in [6, 6.07) is 3.76. The molecule has 0 atom stereocenters. The second-order valence-electron chi connectivity index (χ2n) is 2.12. The molecule has 0 aliphatic rings. The zero-order valence-corrected chi connectivity index (χ0v) is 6.39. The summed E-state index contributed by atoms with van der Waals surface area (Å²) in [6.07, 6.45) is 0. The van der Waals surface area contributed by atoms with Gasteiger partial charge in [0.1, 0.15) is 5.75 Å². The van der Waals surface area contributed by atoms with Crippen LogP contribution in [-0.4, -0.2) is 17.5 Å². The van der Waals surface area contributed by atoms with Crippen molar-refractivity contribution in [3.05, 3.63) is 18.2 Å². The summed E-state index contributed by atoms with van der Waals surface area (Å²) in [5.74, 6) is -0.233. The Bertz CT molecular complexity index is 274. The maximum atomic E-state index is 11.0. The molecule has 0 spiro atoms. The van der Waals surface area contributed by atoms with Crippen molar-refractivity contribution in [3.63, 3.8) is 0 Å². The third-order valence-corrected chi connectivity index (χ3v) is 1.38. The van der Waals surface area contributed by atoms with Gasteiger partial charge >= 0.3 is 0 Å². The topological polar surface area (TPSA) is 76.0 Å². The van der Waals surface area contributed by atoms with Crippen LogP contribution in [0.4, 0.5) is 5.69 Å². The van der Waals surface area contributed by atoms with Crippen LogP contribution in [0.2, 0.25) is 0 Å². The molecule has 1 aromatic rings. The molecule has 0 amide bonds. The number of methoxy groups -OCH3 is 1. The Labute approximate surface area is 69.0 Å². The molecule has 66 valence electrons. The fraction of sp³-hybridized carbons (Fsp3) is 0.143. The predicted octanol–water partition coefficient (Wildman–Crippen LogP) is 0.354. The average Bonchev–Trinajstić information content (AvgIpc) is 2.04. The SMILES string of the molecule is COc1ccc(N(O)O)cc1[O-]. The molecule has 0 saturated carbocycles. The zero-order valence-electron chi connectivity index (χ0n) is 6.39. The van der Waals surface area contributed by atoms with Gasteiger partial charge in [0.05, 0.1) is 12.8 Å². The fourth-order valence-electron chi connectivity index (χ4n) is 0.790. The smallest absolute Gasteiger partial charge is 0.111 e. The molecule has 0 unspecified atom stereocenters. The summed E-state index contributed by atoms with van der Waals surface area (Å²) in [5, 5.41) is 27.9. The number of rotatable bonds is 2. The Hall–Kier alpha value is -1.46. The van der Waals surface area contributed by atoms with Crippen LogP contribution in [0.3, 0.4) is 0 Å². The van der Waals surface area contributed by atoms with Crippen LogP contribution in [0.5, 0.6) is 11.5 Å². The van der Waals surface area contributed by atoms with E-state index >= 15 is 0 Å². The molecule has 12 heavy (non-hydrogen) atoms. The third-order valence-electron chi connectivity index (χ3n) is 1.38. The molecule has 0 aromatic heterocycles. The number of hydrogen-bond donors (Lipinski definition) is 2. The van der Waals surface area contributed by atoms with Crippen LogP contribution >= 0.6 is 0 Å². The standard InChI is InChI=1S/C7H9NO4/c1-12-7-3-2-5(8(10)11)4-6(7)9/h2-4,9-11H,1H3/p-1. The summed E-state index contributed by atoms with van der Waals surface area (Å²) in [5.41, 5.74) is 0.000741. The number of nitrogens with zero attached hydrogens (tertiary/aromatic N) is 1. The van der Waals surface area contributed by atoms with Crippen molar-refractivity contribution in [1.29, 1.82) is 0 Å². The zero-order chi connectivity index (χ0) is 9.14. The molecular formula is C7H8NO4-. The second kappa shape index (κ2) is 3.29. The Balaban J connectivity index is 3.02. The van der Waals surface area contributed by atoms with Crippen molar-refractivity contribution in [2.45, 2.75) is 0 Å². The molecule has 5 heteroatoms. The van der Waals surface area contributed by atoms with Crippen molar-refractivity contribution in [3.8, 4) is 11.5 Å². The summed E-state index contributed by atoms with van der Waals surface area (Å²) in [4.78, 5) is 0. The molecule has 0 bridgehead atoms. The summed E-state index contributed by atoms with van der Waals surface area (Å²) < 4.78 is 4.69. The van der Waals surface area contributed by atoms with Gasteiger partial charge in [-0.1, -0.05) is 5.75 Å². The molecular weight excluding hydrogens is 162 g/mol. The Morgan fingerprint density at radius 3 is 2.50 bits per heavy atom. The van der Waals surface area contributed by atoms with Crippen LogP contribution < -0.4 is 15.1 Å². The minimum atomic E-state index is -0.400. The Morgan fingerprint density at radius 2 is 2.08 bits per heavy atom. The van der Waals surface area contributed by atoms with E-state index in [0.29, 0.717) is 0 Å². The van der Waals surface area contributed by atoms with E-state index in [0.717, 1.165) is 6.07 Å². The molecule has 0 heterocycles. The van der Waals surface area contributed by atoms with Crippen LogP contribution in [0.1, 0.15) is 0 Å². The van der Waals surface area contributed by atoms with E-state index in [1.54, 1.807) is 0 Å². The van der Waals surface area contributed by atoms with Gasteiger partial charge in [-0.05, 0) is 18.2 Å². The molecule has 1 aromatic carbocycles. The molecule has 0 saturated heterocycles. The van der Waals surface area contributed by atoms with Gasteiger partial charge < -0.3 is 9.84 Å². The van der Waals surface area contributed by atoms with E-state index in [1.165, 1.54) is 19.2 Å². The van der Waals surface area contributed by atoms with Crippen molar-refractivity contribution in [2.24, 2.45) is 0 Å². The van der Waals surface area contributed by atoms with Crippen molar-refractivity contribution >= 4 is 5.69 Å². The van der Waals surface area contributed by atoms with Crippen molar-refractivity contribution in [2.75, 3.05) is 12.3 Å². The summed E-state index contributed by atoms with van der Waals surface area (Å²) in [6.45, 7) is 0. The lowest BCUT2D eigenvalue weighted by atomic mass is 10.3. The third kappa shape index (κ3) is 1.58. The van der Waals surface area contributed by atoms with E-state index in [2.05, 4.69) is 4.74 Å². The van der Waals surface area contributed by atoms with Gasteiger partial charge in [0.15, 0.2) is 0 Å². The van der Waals surface area contributed by atoms with Crippen LogP contribution in [0.25, 0.3) is 0 Å². The maximum Gasteiger partial charge on any atom is 0.111 e. The summed E-state index contributed by atoms with van der Waals surface area (Å²) in [7, 11) is 1.37. The van der Waals surface area contributed by atoms with Gasteiger partial charge in [0.2, 0.25) is 0 Å². The van der Waals surface area contributed by atoms with Crippen LogP contribution in [0.15, 0.2) is 18.2 Å². The lowest BCUT2D eigenvalue weighted by molar-refractivity contribution is -0.270. The number of hydrogen-bond acceptors (Lipinski definition) is 5. The van der Waals surface area contributed by atoms with Gasteiger partial charge in [0.25, 0.3) is 0 Å². The first-order valence-electron chi connectivity index (χ1n) is 3.18. The van der Waals surface area contributed by atoms with Crippen molar-refractivity contribution < 1.29 is 20.3 Å². The van der Waals surface area contributed by atoms with Crippen LogP contribution in [0, 0.1) is 0 Å². The normalized spacial score (nSPS) is 9.58. The Kier molecular flexibility index (Phi) is 2.37. The molecule has 5 nitrogen and oxygen atoms in total. The second-order valence-corrected chi connectivity index (χ2v) is 2.12. The van der Waals surface area contributed by atoms with Gasteiger partial charge in [-0.2, -0.15) is 0 Å². The first-order chi connectivity index (χ1) is 5.65. The van der Waals surface area contributed by atoms with Gasteiger partial charge in [-0.3, -0.25) is 10.4 Å². The van der Waals surface area contributed by atoms with Crippen LogP contribution in [-0.2, 0) is 0 Å². The monoisotopic (exact) mass is 170 g/mol.